The minimum atomic E-state index is -0.391. The van der Waals surface area contributed by atoms with Gasteiger partial charge in [0.25, 0.3) is 0 Å². The quantitative estimate of drug-likeness (QED) is 0.247. The van der Waals surface area contributed by atoms with Crippen molar-refractivity contribution in [2.24, 2.45) is 0 Å². The molecule has 2 aromatic carbocycles. The molecule has 1 amide bonds. The summed E-state index contributed by atoms with van der Waals surface area (Å²) in [5, 5.41) is 7.34. The van der Waals surface area contributed by atoms with E-state index in [1.54, 1.807) is 36.4 Å². The molecule has 0 saturated heterocycles. The van der Waals surface area contributed by atoms with Crippen molar-refractivity contribution in [3.63, 3.8) is 0 Å². The molecule has 31 heavy (non-hydrogen) atoms. The number of fused-ring (bicyclic) bond motifs is 1. The van der Waals surface area contributed by atoms with Gasteiger partial charge in [-0.25, -0.2) is 4.98 Å². The average molecular weight is 488 g/mol. The minimum absolute atomic E-state index is 0.166. The summed E-state index contributed by atoms with van der Waals surface area (Å²) in [5.41, 5.74) is 2.78. The van der Waals surface area contributed by atoms with Crippen LogP contribution in [0.3, 0.4) is 0 Å². The zero-order valence-electron chi connectivity index (χ0n) is 16.1. The lowest BCUT2D eigenvalue weighted by atomic mass is 10.2. The first-order valence-electron chi connectivity index (χ1n) is 9.09. The van der Waals surface area contributed by atoms with Gasteiger partial charge in [-0.15, -0.1) is 0 Å². The van der Waals surface area contributed by atoms with Gasteiger partial charge in [0.2, 0.25) is 5.91 Å². The topological polar surface area (TPSA) is 67.2 Å². The van der Waals surface area contributed by atoms with Crippen molar-refractivity contribution in [3.05, 3.63) is 76.0 Å². The van der Waals surface area contributed by atoms with Crippen LogP contribution in [0.2, 0.25) is 10.0 Å². The molecule has 9 heteroatoms. The average Bonchev–Trinajstić information content (AvgIpc) is 3.31. The van der Waals surface area contributed by atoms with Crippen molar-refractivity contribution < 1.29 is 9.21 Å². The highest BCUT2D eigenvalue weighted by Gasteiger charge is 2.09. The smallest absolute Gasteiger partial charge is 0.250 e. The van der Waals surface area contributed by atoms with E-state index in [9.17, 15) is 4.79 Å². The van der Waals surface area contributed by atoms with Crippen LogP contribution in [0, 0.1) is 6.92 Å². The number of amides is 1. The Morgan fingerprint density at radius 2 is 1.90 bits per heavy atom. The summed E-state index contributed by atoms with van der Waals surface area (Å²) in [6, 6.07) is 14.7. The molecule has 4 rings (SSSR count). The van der Waals surface area contributed by atoms with Gasteiger partial charge in [-0.3, -0.25) is 10.1 Å². The normalized spacial score (nSPS) is 11.2. The second-order valence-corrected chi connectivity index (χ2v) is 8.94. The van der Waals surface area contributed by atoms with E-state index in [1.807, 2.05) is 19.1 Å². The molecule has 0 atom stereocenters. The molecule has 0 aliphatic rings. The van der Waals surface area contributed by atoms with Gasteiger partial charge in [0.05, 0.1) is 10.2 Å². The monoisotopic (exact) mass is 487 g/mol. The fourth-order valence-corrected chi connectivity index (χ4v) is 4.58. The van der Waals surface area contributed by atoms with Gasteiger partial charge < -0.3 is 9.73 Å². The zero-order chi connectivity index (χ0) is 22.0. The van der Waals surface area contributed by atoms with Crippen LogP contribution in [0.1, 0.15) is 11.3 Å². The lowest BCUT2D eigenvalue weighted by Crippen LogP contribution is -2.32. The van der Waals surface area contributed by atoms with Crippen LogP contribution in [0.4, 0.5) is 5.13 Å². The second kappa shape index (κ2) is 9.20. The van der Waals surface area contributed by atoms with Crippen LogP contribution in [-0.4, -0.2) is 16.0 Å². The van der Waals surface area contributed by atoms with Crippen molar-refractivity contribution >= 4 is 79.2 Å². The van der Waals surface area contributed by atoms with Crippen LogP contribution in [0.25, 0.3) is 27.6 Å². The van der Waals surface area contributed by atoms with E-state index in [0.29, 0.717) is 26.7 Å². The van der Waals surface area contributed by atoms with Crippen molar-refractivity contribution in [2.75, 3.05) is 5.32 Å². The second-order valence-electron chi connectivity index (χ2n) is 6.63. The van der Waals surface area contributed by atoms with E-state index >= 15 is 0 Å². The Hall–Kier alpha value is -2.71. The van der Waals surface area contributed by atoms with E-state index in [-0.39, 0.29) is 5.11 Å². The Kier molecular flexibility index (Phi) is 6.38. The van der Waals surface area contributed by atoms with Crippen LogP contribution < -0.4 is 10.6 Å². The van der Waals surface area contributed by atoms with Crippen LogP contribution in [0.15, 0.2) is 59.0 Å². The molecule has 2 N–H and O–H groups in total. The number of thiazole rings is 1. The lowest BCUT2D eigenvalue weighted by Gasteiger charge is -2.04. The molecule has 0 spiro atoms. The molecule has 0 bridgehead atoms. The molecule has 0 aliphatic carbocycles. The minimum Gasteiger partial charge on any atom is -0.457 e. The number of thiocarbonyl (C=S) groups is 1. The zero-order valence-corrected chi connectivity index (χ0v) is 19.3. The molecule has 0 fully saturated rings. The number of halogens is 2. The van der Waals surface area contributed by atoms with Crippen LogP contribution in [0.5, 0.6) is 0 Å². The van der Waals surface area contributed by atoms with Crippen LogP contribution in [-0.2, 0) is 4.79 Å². The van der Waals surface area contributed by atoms with Gasteiger partial charge in [-0.1, -0.05) is 40.6 Å². The summed E-state index contributed by atoms with van der Waals surface area (Å²) in [4.78, 5) is 16.6. The number of hydrogen-bond acceptors (Lipinski definition) is 5. The van der Waals surface area contributed by atoms with Crippen molar-refractivity contribution in [1.82, 2.24) is 10.3 Å². The molecule has 2 heterocycles. The van der Waals surface area contributed by atoms with Gasteiger partial charge in [0.15, 0.2) is 10.2 Å². The molecule has 5 nitrogen and oxygen atoms in total. The van der Waals surface area contributed by atoms with Gasteiger partial charge in [0.1, 0.15) is 11.5 Å². The molecule has 0 unspecified atom stereocenters. The number of carbonyl (C=O) groups excluding carboxylic acids is 1. The summed E-state index contributed by atoms with van der Waals surface area (Å²) in [7, 11) is 0. The molecular formula is C22H15Cl2N3O2S2. The summed E-state index contributed by atoms with van der Waals surface area (Å²) in [6.07, 6.45) is 2.89. The maximum absolute atomic E-state index is 12.2. The Morgan fingerprint density at radius 1 is 1.13 bits per heavy atom. The third-order valence-corrected chi connectivity index (χ3v) is 5.75. The Balaban J connectivity index is 1.36. The number of anilines is 1. The number of furan rings is 1. The summed E-state index contributed by atoms with van der Waals surface area (Å²) < 4.78 is 6.78. The van der Waals surface area contributed by atoms with E-state index < -0.39 is 5.91 Å². The highest BCUT2D eigenvalue weighted by molar-refractivity contribution is 7.80. The predicted octanol–water partition coefficient (Wildman–Crippen LogP) is 6.70. The van der Waals surface area contributed by atoms with E-state index in [1.165, 1.54) is 17.4 Å². The van der Waals surface area contributed by atoms with Gasteiger partial charge in [0, 0.05) is 21.7 Å². The number of rotatable bonds is 4. The molecule has 2 aromatic heterocycles. The van der Waals surface area contributed by atoms with Crippen molar-refractivity contribution in [1.29, 1.82) is 0 Å². The van der Waals surface area contributed by atoms with Gasteiger partial charge in [-0.2, -0.15) is 0 Å². The van der Waals surface area contributed by atoms with E-state index in [2.05, 4.69) is 21.7 Å². The first-order valence-corrected chi connectivity index (χ1v) is 11.1. The third kappa shape index (κ3) is 5.51. The van der Waals surface area contributed by atoms with Crippen molar-refractivity contribution in [3.8, 4) is 11.3 Å². The number of aromatic nitrogens is 1. The van der Waals surface area contributed by atoms with E-state index in [0.717, 1.165) is 21.3 Å². The SMILES string of the molecule is Cc1ccc2nc(NC(=S)NC(=O)/C=C/c3ccc(-c4cc(Cl)cc(Cl)c4)o3)sc2c1. The number of aryl methyl sites for hydroxylation is 1. The highest BCUT2D eigenvalue weighted by Crippen LogP contribution is 2.29. The molecule has 156 valence electrons. The highest BCUT2D eigenvalue weighted by atomic mass is 35.5. The molecule has 0 radical (unpaired) electrons. The number of carbonyl (C=O) groups is 1. The fourth-order valence-electron chi connectivity index (χ4n) is 2.82. The first kappa shape index (κ1) is 21.5. The molecule has 0 aliphatic heterocycles. The maximum Gasteiger partial charge on any atom is 0.250 e. The number of nitrogens with zero attached hydrogens (tertiary/aromatic N) is 1. The van der Waals surface area contributed by atoms with E-state index in [4.69, 9.17) is 39.8 Å². The largest absolute Gasteiger partial charge is 0.457 e. The maximum atomic E-state index is 12.2. The first-order chi connectivity index (χ1) is 14.9. The van der Waals surface area contributed by atoms with Crippen molar-refractivity contribution in [2.45, 2.75) is 6.92 Å². The van der Waals surface area contributed by atoms with Gasteiger partial charge in [-0.05, 0) is 73.2 Å². The predicted molar refractivity (Wildman–Crippen MR) is 132 cm³/mol. The Labute approximate surface area is 197 Å². The molecule has 0 saturated carbocycles. The number of hydrogen-bond donors (Lipinski definition) is 2. The summed E-state index contributed by atoms with van der Waals surface area (Å²) >= 11 is 18.7. The third-order valence-electron chi connectivity index (χ3n) is 4.17. The summed E-state index contributed by atoms with van der Waals surface area (Å²) in [6.45, 7) is 2.02. The summed E-state index contributed by atoms with van der Waals surface area (Å²) in [5.74, 6) is 0.701. The molecule has 4 aromatic rings. The lowest BCUT2D eigenvalue weighted by molar-refractivity contribution is -0.115. The Bertz CT molecular complexity index is 1310. The number of benzene rings is 2. The molecular weight excluding hydrogens is 473 g/mol. The van der Waals surface area contributed by atoms with Gasteiger partial charge >= 0.3 is 0 Å². The Morgan fingerprint density at radius 3 is 2.68 bits per heavy atom. The standard InChI is InChI=1S/C22H15Cl2N3O2S2/c1-12-2-5-17-19(8-12)31-22(25-17)27-21(30)26-20(28)7-4-16-3-6-18(29-16)13-9-14(23)11-15(24)10-13/h2-11H,1H3,(H2,25,26,27,28,30)/b7-4+. The van der Waals surface area contributed by atoms with Crippen LogP contribution >= 0.6 is 46.8 Å². The number of nitrogens with one attached hydrogen (secondary N) is 2. The fraction of sp³-hybridized carbons (Fsp3) is 0.0455.